The Bertz CT molecular complexity index is 602. The minimum Gasteiger partial charge on any atom is -0.504 e. The van der Waals surface area contributed by atoms with Gasteiger partial charge in [-0.25, -0.2) is 0 Å². The van der Waals surface area contributed by atoms with Crippen LogP contribution >= 0.6 is 0 Å². The molecule has 6 nitrogen and oxygen atoms in total. The third-order valence-electron chi connectivity index (χ3n) is 2.84. The van der Waals surface area contributed by atoms with Crippen molar-refractivity contribution in [3.05, 3.63) is 29.7 Å². The second-order valence-electron chi connectivity index (χ2n) is 6.10. The van der Waals surface area contributed by atoms with Gasteiger partial charge in [-0.3, -0.25) is 0 Å². The van der Waals surface area contributed by atoms with Crippen LogP contribution in [0.25, 0.3) is 0 Å². The van der Waals surface area contributed by atoms with Crippen molar-refractivity contribution in [2.75, 3.05) is 12.4 Å². The molecular formula is C15H21N3O3. The lowest BCUT2D eigenvalue weighted by Gasteiger charge is -2.14. The number of benzene rings is 1. The van der Waals surface area contributed by atoms with E-state index in [1.165, 1.54) is 7.11 Å². The van der Waals surface area contributed by atoms with E-state index in [9.17, 15) is 5.11 Å². The Morgan fingerprint density at radius 2 is 2.05 bits per heavy atom. The fourth-order valence-corrected chi connectivity index (χ4v) is 1.87. The number of rotatable bonds is 5. The van der Waals surface area contributed by atoms with Crippen LogP contribution in [0.1, 0.15) is 32.2 Å². The van der Waals surface area contributed by atoms with E-state index in [1.54, 1.807) is 12.1 Å². The molecule has 0 bridgehead atoms. The van der Waals surface area contributed by atoms with Crippen molar-refractivity contribution < 1.29 is 14.3 Å². The smallest absolute Gasteiger partial charge is 0.315 e. The number of aromatic nitrogens is 2. The number of methoxy groups -OCH3 is 1. The first-order valence-electron chi connectivity index (χ1n) is 6.79. The molecule has 0 saturated heterocycles. The number of anilines is 1. The summed E-state index contributed by atoms with van der Waals surface area (Å²) in [6.45, 7) is 6.83. The van der Waals surface area contributed by atoms with E-state index in [0.29, 0.717) is 24.2 Å². The van der Waals surface area contributed by atoms with Crippen LogP contribution in [0.2, 0.25) is 0 Å². The predicted molar refractivity (Wildman–Crippen MR) is 79.4 cm³/mol. The Balaban J connectivity index is 1.95. The van der Waals surface area contributed by atoms with Gasteiger partial charge in [0.25, 0.3) is 0 Å². The van der Waals surface area contributed by atoms with Crippen LogP contribution in [0, 0.1) is 5.41 Å². The number of aromatic hydroxyl groups is 1. The lowest BCUT2D eigenvalue weighted by Crippen LogP contribution is -2.09. The molecule has 2 rings (SSSR count). The van der Waals surface area contributed by atoms with Gasteiger partial charge < -0.3 is 19.6 Å². The van der Waals surface area contributed by atoms with Crippen molar-refractivity contribution in [3.8, 4) is 11.5 Å². The van der Waals surface area contributed by atoms with Crippen LogP contribution in [0.15, 0.2) is 22.6 Å². The largest absolute Gasteiger partial charge is 0.504 e. The summed E-state index contributed by atoms with van der Waals surface area (Å²) >= 11 is 0. The van der Waals surface area contributed by atoms with Crippen molar-refractivity contribution in [2.45, 2.75) is 33.7 Å². The highest BCUT2D eigenvalue weighted by Gasteiger charge is 2.16. The zero-order chi connectivity index (χ0) is 15.5. The lowest BCUT2D eigenvalue weighted by atomic mass is 9.92. The number of hydrogen-bond acceptors (Lipinski definition) is 6. The number of phenols is 1. The predicted octanol–water partition coefficient (Wildman–Crippen LogP) is 2.98. The maximum atomic E-state index is 9.72. The molecule has 2 N–H and O–H groups in total. The third-order valence-corrected chi connectivity index (χ3v) is 2.84. The van der Waals surface area contributed by atoms with E-state index in [-0.39, 0.29) is 11.2 Å². The highest BCUT2D eigenvalue weighted by molar-refractivity contribution is 5.42. The summed E-state index contributed by atoms with van der Waals surface area (Å²) in [6.07, 6.45) is 0.727. The molecule has 0 aliphatic rings. The summed E-state index contributed by atoms with van der Waals surface area (Å²) < 4.78 is 10.5. The maximum Gasteiger partial charge on any atom is 0.315 e. The van der Waals surface area contributed by atoms with Gasteiger partial charge in [0, 0.05) is 13.0 Å². The van der Waals surface area contributed by atoms with Crippen LogP contribution in [-0.2, 0) is 13.0 Å². The molecule has 1 aromatic carbocycles. The molecule has 1 heterocycles. The molecule has 0 aliphatic carbocycles. The van der Waals surface area contributed by atoms with E-state index in [4.69, 9.17) is 9.15 Å². The third kappa shape index (κ3) is 4.37. The Kier molecular flexibility index (Phi) is 4.35. The molecule has 114 valence electrons. The summed E-state index contributed by atoms with van der Waals surface area (Å²) in [7, 11) is 1.52. The molecule has 0 radical (unpaired) electrons. The van der Waals surface area contributed by atoms with Gasteiger partial charge in [0.05, 0.1) is 7.11 Å². The molecule has 2 aromatic rings. The van der Waals surface area contributed by atoms with Crippen molar-refractivity contribution in [2.24, 2.45) is 5.41 Å². The number of ether oxygens (including phenoxy) is 1. The van der Waals surface area contributed by atoms with E-state index >= 15 is 0 Å². The van der Waals surface area contributed by atoms with E-state index in [2.05, 4.69) is 36.3 Å². The van der Waals surface area contributed by atoms with Crippen LogP contribution in [-0.4, -0.2) is 22.4 Å². The molecule has 0 spiro atoms. The number of nitrogens with zero attached hydrogens (tertiary/aromatic N) is 2. The molecule has 0 aliphatic heterocycles. The van der Waals surface area contributed by atoms with Gasteiger partial charge >= 0.3 is 6.01 Å². The van der Waals surface area contributed by atoms with Gasteiger partial charge in [-0.05, 0) is 23.1 Å². The fourth-order valence-electron chi connectivity index (χ4n) is 1.87. The van der Waals surface area contributed by atoms with E-state index in [1.807, 2.05) is 6.07 Å². The summed E-state index contributed by atoms with van der Waals surface area (Å²) in [5.74, 6) is 1.17. The van der Waals surface area contributed by atoms with Crippen LogP contribution < -0.4 is 10.1 Å². The minimum absolute atomic E-state index is 0.103. The molecule has 0 unspecified atom stereocenters. The maximum absolute atomic E-state index is 9.72. The first kappa shape index (κ1) is 15.2. The highest BCUT2D eigenvalue weighted by Crippen LogP contribution is 2.26. The monoisotopic (exact) mass is 291 g/mol. The van der Waals surface area contributed by atoms with Crippen LogP contribution in [0.5, 0.6) is 11.5 Å². The van der Waals surface area contributed by atoms with Gasteiger partial charge in [0.2, 0.25) is 5.89 Å². The van der Waals surface area contributed by atoms with Gasteiger partial charge in [0.1, 0.15) is 0 Å². The first-order valence-corrected chi connectivity index (χ1v) is 6.79. The Morgan fingerprint density at radius 1 is 1.29 bits per heavy atom. The molecule has 6 heteroatoms. The van der Waals surface area contributed by atoms with Gasteiger partial charge in [0.15, 0.2) is 11.5 Å². The standard InChI is InChI=1S/C15H21N3O3/c1-15(2,3)8-13-17-18-14(21-13)16-9-10-5-6-12(20-4)11(19)7-10/h5-7,19H,8-9H2,1-4H3,(H,16,18). The van der Waals surface area contributed by atoms with Crippen LogP contribution in [0.3, 0.4) is 0 Å². The summed E-state index contributed by atoms with van der Waals surface area (Å²) in [5.41, 5.74) is 0.995. The van der Waals surface area contributed by atoms with Crippen molar-refractivity contribution in [3.63, 3.8) is 0 Å². The highest BCUT2D eigenvalue weighted by atomic mass is 16.5. The average Bonchev–Trinajstić information content (AvgIpc) is 2.82. The van der Waals surface area contributed by atoms with Crippen molar-refractivity contribution in [1.29, 1.82) is 0 Å². The second-order valence-corrected chi connectivity index (χ2v) is 6.10. The Labute approximate surface area is 124 Å². The SMILES string of the molecule is COc1ccc(CNc2nnc(CC(C)(C)C)o2)cc1O. The molecule has 1 aromatic heterocycles. The molecule has 21 heavy (non-hydrogen) atoms. The molecule has 0 fully saturated rings. The van der Waals surface area contributed by atoms with E-state index in [0.717, 1.165) is 12.0 Å². The van der Waals surface area contributed by atoms with Gasteiger partial charge in [-0.2, -0.15) is 0 Å². The molecule has 0 amide bonds. The molecular weight excluding hydrogens is 270 g/mol. The number of hydrogen-bond donors (Lipinski definition) is 2. The van der Waals surface area contributed by atoms with Crippen LogP contribution in [0.4, 0.5) is 6.01 Å². The number of phenolic OH excluding ortho intramolecular Hbond substituents is 1. The quantitative estimate of drug-likeness (QED) is 0.881. The zero-order valence-electron chi connectivity index (χ0n) is 12.8. The van der Waals surface area contributed by atoms with E-state index < -0.39 is 0 Å². The average molecular weight is 291 g/mol. The topological polar surface area (TPSA) is 80.4 Å². The van der Waals surface area contributed by atoms with Crippen molar-refractivity contribution >= 4 is 6.01 Å². The fraction of sp³-hybridized carbons (Fsp3) is 0.467. The number of nitrogens with one attached hydrogen (secondary N) is 1. The molecule has 0 saturated carbocycles. The summed E-state index contributed by atoms with van der Waals surface area (Å²) in [6, 6.07) is 5.59. The minimum atomic E-state index is 0.103. The zero-order valence-corrected chi connectivity index (χ0v) is 12.8. The van der Waals surface area contributed by atoms with Gasteiger partial charge in [-0.15, -0.1) is 5.10 Å². The molecule has 0 atom stereocenters. The Morgan fingerprint density at radius 3 is 2.67 bits per heavy atom. The van der Waals surface area contributed by atoms with Gasteiger partial charge in [-0.1, -0.05) is 31.9 Å². The van der Waals surface area contributed by atoms with Crippen molar-refractivity contribution in [1.82, 2.24) is 10.2 Å². The Hall–Kier alpha value is -2.24. The lowest BCUT2D eigenvalue weighted by molar-refractivity contribution is 0.357. The normalized spacial score (nSPS) is 11.4. The summed E-state index contributed by atoms with van der Waals surface area (Å²) in [5, 5.41) is 20.7. The first-order chi connectivity index (χ1) is 9.87. The summed E-state index contributed by atoms with van der Waals surface area (Å²) in [4.78, 5) is 0. The second kappa shape index (κ2) is 6.03.